The molecule has 0 radical (unpaired) electrons. The van der Waals surface area contributed by atoms with Gasteiger partial charge in [-0.25, -0.2) is 0 Å². The predicted molar refractivity (Wildman–Crippen MR) is 105 cm³/mol. The molecule has 0 aromatic heterocycles. The Morgan fingerprint density at radius 3 is 2.17 bits per heavy atom. The van der Waals surface area contributed by atoms with E-state index in [0.29, 0.717) is 24.3 Å². The molecule has 11 heteroatoms. The van der Waals surface area contributed by atoms with Gasteiger partial charge in [-0.3, -0.25) is 29.8 Å². The standard InChI is InChI=1S/C19H18N4O7/c1-30-17-4-2-12(3-5-17)18(24)20-14-6-7-21(11-14)19(25)13-8-15(22(26)27)10-16(9-13)23(28)29/h2-5,8-10,14H,6-7,11H2,1H3,(H,20,24). The van der Waals surface area contributed by atoms with Gasteiger partial charge in [-0.2, -0.15) is 0 Å². The molecule has 1 unspecified atom stereocenters. The molecule has 1 fully saturated rings. The highest BCUT2D eigenvalue weighted by molar-refractivity contribution is 5.96. The maximum atomic E-state index is 12.7. The summed E-state index contributed by atoms with van der Waals surface area (Å²) in [6.45, 7) is 0.500. The zero-order valence-corrected chi connectivity index (χ0v) is 15.9. The lowest BCUT2D eigenvalue weighted by molar-refractivity contribution is -0.394. The number of likely N-dealkylation sites (tertiary alicyclic amines) is 1. The monoisotopic (exact) mass is 414 g/mol. The van der Waals surface area contributed by atoms with Crippen LogP contribution in [0, 0.1) is 20.2 Å². The molecule has 1 aliphatic rings. The Morgan fingerprint density at radius 2 is 1.63 bits per heavy atom. The van der Waals surface area contributed by atoms with Crippen LogP contribution >= 0.6 is 0 Å². The summed E-state index contributed by atoms with van der Waals surface area (Å²) in [5.74, 6) is -0.249. The number of nitrogens with one attached hydrogen (secondary N) is 1. The van der Waals surface area contributed by atoms with Gasteiger partial charge in [0.15, 0.2) is 0 Å². The molecular weight excluding hydrogens is 396 g/mol. The maximum Gasteiger partial charge on any atom is 0.277 e. The van der Waals surface area contributed by atoms with Crippen LogP contribution in [0.3, 0.4) is 0 Å². The summed E-state index contributed by atoms with van der Waals surface area (Å²) in [7, 11) is 1.52. The van der Waals surface area contributed by atoms with Crippen LogP contribution in [0.5, 0.6) is 5.75 Å². The van der Waals surface area contributed by atoms with Gasteiger partial charge in [-0.1, -0.05) is 0 Å². The Bertz CT molecular complexity index is 974. The minimum Gasteiger partial charge on any atom is -0.497 e. The van der Waals surface area contributed by atoms with E-state index in [2.05, 4.69) is 5.32 Å². The van der Waals surface area contributed by atoms with Crippen molar-refractivity contribution in [1.82, 2.24) is 10.2 Å². The first-order valence-electron chi connectivity index (χ1n) is 8.96. The van der Waals surface area contributed by atoms with Crippen molar-refractivity contribution >= 4 is 23.2 Å². The molecule has 1 aliphatic heterocycles. The molecule has 1 N–H and O–H groups in total. The number of nitro groups is 2. The van der Waals surface area contributed by atoms with Gasteiger partial charge in [-0.15, -0.1) is 0 Å². The number of benzene rings is 2. The highest BCUT2D eigenvalue weighted by Crippen LogP contribution is 2.25. The number of non-ortho nitro benzene ring substituents is 2. The Hall–Kier alpha value is -4.02. The third-order valence-corrected chi connectivity index (χ3v) is 4.73. The molecule has 11 nitrogen and oxygen atoms in total. The first kappa shape index (κ1) is 20.7. The highest BCUT2D eigenvalue weighted by atomic mass is 16.6. The molecule has 0 spiro atoms. The topological polar surface area (TPSA) is 145 Å². The normalized spacial score (nSPS) is 15.5. The van der Waals surface area contributed by atoms with Crippen LogP contribution in [0.1, 0.15) is 27.1 Å². The van der Waals surface area contributed by atoms with Crippen LogP contribution < -0.4 is 10.1 Å². The van der Waals surface area contributed by atoms with Gasteiger partial charge < -0.3 is 15.0 Å². The Balaban J connectivity index is 1.68. The molecule has 0 bridgehead atoms. The second-order valence-electron chi connectivity index (χ2n) is 6.69. The van der Waals surface area contributed by atoms with Gasteiger partial charge >= 0.3 is 0 Å². The van der Waals surface area contributed by atoms with Crippen molar-refractivity contribution in [3.63, 3.8) is 0 Å². The summed E-state index contributed by atoms with van der Waals surface area (Å²) in [6, 6.07) is 9.08. The number of nitrogens with zero attached hydrogens (tertiary/aromatic N) is 3. The fraction of sp³-hybridized carbons (Fsp3) is 0.263. The number of rotatable bonds is 6. The third kappa shape index (κ3) is 4.51. The van der Waals surface area contributed by atoms with E-state index in [1.165, 1.54) is 12.0 Å². The number of ether oxygens (including phenoxy) is 1. The van der Waals surface area contributed by atoms with Crippen LogP contribution in [0.4, 0.5) is 11.4 Å². The summed E-state index contributed by atoms with van der Waals surface area (Å²) in [5, 5.41) is 24.9. The van der Waals surface area contributed by atoms with E-state index in [1.807, 2.05) is 0 Å². The predicted octanol–water partition coefficient (Wildman–Crippen LogP) is 2.16. The van der Waals surface area contributed by atoms with Crippen molar-refractivity contribution in [1.29, 1.82) is 0 Å². The smallest absolute Gasteiger partial charge is 0.277 e. The molecule has 1 saturated heterocycles. The average molecular weight is 414 g/mol. The summed E-state index contributed by atoms with van der Waals surface area (Å²) in [6.07, 6.45) is 0.491. The summed E-state index contributed by atoms with van der Waals surface area (Å²) in [4.78, 5) is 47.0. The number of amides is 2. The van der Waals surface area contributed by atoms with Gasteiger partial charge in [-0.05, 0) is 30.7 Å². The SMILES string of the molecule is COc1ccc(C(=O)NC2CCN(C(=O)c3cc([N+](=O)[O-])cc([N+](=O)[O-])c3)C2)cc1. The number of methoxy groups -OCH3 is 1. The van der Waals surface area contributed by atoms with E-state index in [9.17, 15) is 29.8 Å². The van der Waals surface area contributed by atoms with E-state index < -0.39 is 27.1 Å². The van der Waals surface area contributed by atoms with Crippen LogP contribution in [-0.4, -0.2) is 52.8 Å². The third-order valence-electron chi connectivity index (χ3n) is 4.73. The molecule has 0 aliphatic carbocycles. The zero-order valence-electron chi connectivity index (χ0n) is 15.9. The van der Waals surface area contributed by atoms with E-state index in [-0.39, 0.29) is 24.1 Å². The van der Waals surface area contributed by atoms with Crippen LogP contribution in [0.2, 0.25) is 0 Å². The van der Waals surface area contributed by atoms with E-state index in [0.717, 1.165) is 18.2 Å². The lowest BCUT2D eigenvalue weighted by Crippen LogP contribution is -2.38. The first-order valence-corrected chi connectivity index (χ1v) is 8.96. The summed E-state index contributed by atoms with van der Waals surface area (Å²) < 4.78 is 5.05. The molecule has 1 atom stereocenters. The fourth-order valence-corrected chi connectivity index (χ4v) is 3.19. The molecule has 156 valence electrons. The molecule has 2 amide bonds. The Kier molecular flexibility index (Phi) is 5.90. The number of carbonyl (C=O) groups excluding carboxylic acids is 2. The van der Waals surface area contributed by atoms with Gasteiger partial charge in [0.25, 0.3) is 23.2 Å². The van der Waals surface area contributed by atoms with Crippen LogP contribution in [0.25, 0.3) is 0 Å². The first-order chi connectivity index (χ1) is 14.3. The number of hydrogen-bond acceptors (Lipinski definition) is 7. The van der Waals surface area contributed by atoms with Crippen molar-refractivity contribution in [3.8, 4) is 5.75 Å². The maximum absolute atomic E-state index is 12.7. The fourth-order valence-electron chi connectivity index (χ4n) is 3.19. The van der Waals surface area contributed by atoms with Crippen molar-refractivity contribution in [2.75, 3.05) is 20.2 Å². The van der Waals surface area contributed by atoms with Gasteiger partial charge in [0.05, 0.1) is 28.6 Å². The van der Waals surface area contributed by atoms with Crippen LogP contribution in [-0.2, 0) is 0 Å². The Morgan fingerprint density at radius 1 is 1.03 bits per heavy atom. The van der Waals surface area contributed by atoms with Crippen molar-refractivity contribution in [3.05, 3.63) is 73.8 Å². The minimum atomic E-state index is -0.786. The summed E-state index contributed by atoms with van der Waals surface area (Å²) in [5.41, 5.74) is -0.764. The number of hydrogen-bond donors (Lipinski definition) is 1. The van der Waals surface area contributed by atoms with Gasteiger partial charge in [0.2, 0.25) is 0 Å². The molecular formula is C19H18N4O7. The number of nitro benzene ring substituents is 2. The van der Waals surface area contributed by atoms with Crippen molar-refractivity contribution < 1.29 is 24.2 Å². The minimum absolute atomic E-state index is 0.141. The largest absolute Gasteiger partial charge is 0.497 e. The Labute approximate surface area is 170 Å². The second-order valence-corrected chi connectivity index (χ2v) is 6.69. The quantitative estimate of drug-likeness (QED) is 0.563. The van der Waals surface area contributed by atoms with Crippen molar-refractivity contribution in [2.24, 2.45) is 0 Å². The van der Waals surface area contributed by atoms with Gasteiger partial charge in [0, 0.05) is 36.8 Å². The van der Waals surface area contributed by atoms with Crippen LogP contribution in [0.15, 0.2) is 42.5 Å². The lowest BCUT2D eigenvalue weighted by atomic mass is 10.1. The van der Waals surface area contributed by atoms with Gasteiger partial charge in [0.1, 0.15) is 5.75 Å². The highest BCUT2D eigenvalue weighted by Gasteiger charge is 2.30. The van der Waals surface area contributed by atoms with Crippen molar-refractivity contribution in [2.45, 2.75) is 12.5 Å². The molecule has 3 rings (SSSR count). The molecule has 0 saturated carbocycles. The average Bonchev–Trinajstić information content (AvgIpc) is 3.21. The molecule has 1 heterocycles. The summed E-state index contributed by atoms with van der Waals surface area (Å²) >= 11 is 0. The van der Waals surface area contributed by atoms with E-state index in [4.69, 9.17) is 4.74 Å². The molecule has 30 heavy (non-hydrogen) atoms. The second kappa shape index (κ2) is 8.55. The van der Waals surface area contributed by atoms with E-state index >= 15 is 0 Å². The zero-order chi connectivity index (χ0) is 21.8. The van der Waals surface area contributed by atoms with E-state index in [1.54, 1.807) is 24.3 Å². The molecule has 2 aromatic carbocycles. The lowest BCUT2D eigenvalue weighted by Gasteiger charge is -2.17. The number of carbonyl (C=O) groups is 2. The molecule has 2 aromatic rings.